The average Bonchev–Trinajstić information content (AvgIpc) is 2.02. The lowest BCUT2D eigenvalue weighted by Gasteiger charge is -2.15. The summed E-state index contributed by atoms with van der Waals surface area (Å²) in [6.07, 6.45) is 0. The van der Waals surface area contributed by atoms with E-state index >= 15 is 0 Å². The lowest BCUT2D eigenvalue weighted by molar-refractivity contribution is -0.123. The van der Waals surface area contributed by atoms with Gasteiger partial charge in [0.15, 0.2) is 0 Å². The van der Waals surface area contributed by atoms with Crippen molar-refractivity contribution < 1.29 is 9.90 Å². The second kappa shape index (κ2) is 4.77. The molecule has 0 radical (unpaired) electrons. The van der Waals surface area contributed by atoms with Crippen molar-refractivity contribution in [2.24, 2.45) is 0 Å². The molecule has 0 saturated heterocycles. The van der Waals surface area contributed by atoms with Crippen molar-refractivity contribution in [1.29, 1.82) is 0 Å². The van der Waals surface area contributed by atoms with Gasteiger partial charge in [-0.1, -0.05) is 6.58 Å². The number of nitrogens with one attached hydrogen (secondary N) is 2. The number of likely N-dealkylation sites (N-methyl/N-ethyl adjacent to an activating group) is 1. The fourth-order valence-electron chi connectivity index (χ4n) is 0.553. The summed E-state index contributed by atoms with van der Waals surface area (Å²) in [5.41, 5.74) is 0. The molecule has 3 N–H and O–H groups in total. The van der Waals surface area contributed by atoms with Gasteiger partial charge in [0.2, 0.25) is 5.91 Å². The maximum absolute atomic E-state index is 11.2. The zero-order valence-electron chi connectivity index (χ0n) is 7.72. The molecule has 1 amide bonds. The number of hydrogen-bond donors (Lipinski definition) is 3. The largest absolute Gasteiger partial charge is 0.511 e. The molecule has 70 valence electrons. The molecule has 0 bridgehead atoms. The molecule has 2 atom stereocenters. The van der Waals surface area contributed by atoms with E-state index in [9.17, 15) is 4.79 Å². The molecule has 0 aromatic heterocycles. The van der Waals surface area contributed by atoms with Gasteiger partial charge in [0.1, 0.15) is 5.76 Å². The lowest BCUT2D eigenvalue weighted by Crippen LogP contribution is -2.44. The minimum absolute atomic E-state index is 0.0355. The van der Waals surface area contributed by atoms with Crippen molar-refractivity contribution in [2.75, 3.05) is 7.05 Å². The van der Waals surface area contributed by atoms with Crippen molar-refractivity contribution in [3.63, 3.8) is 0 Å². The van der Waals surface area contributed by atoms with Crippen LogP contribution in [0.1, 0.15) is 13.8 Å². The van der Waals surface area contributed by atoms with E-state index in [1.165, 1.54) is 0 Å². The molecule has 0 aliphatic heterocycles. The fourth-order valence-corrected chi connectivity index (χ4v) is 0.553. The highest BCUT2D eigenvalue weighted by molar-refractivity contribution is 5.81. The van der Waals surface area contributed by atoms with Gasteiger partial charge >= 0.3 is 0 Å². The van der Waals surface area contributed by atoms with Crippen LogP contribution in [0.25, 0.3) is 0 Å². The number of aliphatic hydroxyl groups excluding tert-OH is 1. The van der Waals surface area contributed by atoms with Crippen LogP contribution in [-0.4, -0.2) is 30.1 Å². The molecule has 4 nitrogen and oxygen atoms in total. The molecule has 1 unspecified atom stereocenters. The monoisotopic (exact) mass is 172 g/mol. The molecule has 0 heterocycles. The quantitative estimate of drug-likeness (QED) is 0.530. The van der Waals surface area contributed by atoms with Gasteiger partial charge in [0.05, 0.1) is 12.1 Å². The van der Waals surface area contributed by atoms with Crippen LogP contribution in [0.2, 0.25) is 0 Å². The zero-order valence-corrected chi connectivity index (χ0v) is 7.72. The van der Waals surface area contributed by atoms with Crippen LogP contribution < -0.4 is 10.6 Å². The van der Waals surface area contributed by atoms with Gasteiger partial charge in [0.25, 0.3) is 0 Å². The normalized spacial score (nSPS) is 14.9. The molecule has 4 heteroatoms. The molecule has 12 heavy (non-hydrogen) atoms. The Labute approximate surface area is 72.7 Å². The van der Waals surface area contributed by atoms with Crippen LogP contribution >= 0.6 is 0 Å². The first-order valence-corrected chi connectivity index (χ1v) is 3.84. The van der Waals surface area contributed by atoms with Crippen LogP contribution in [0.4, 0.5) is 0 Å². The highest BCUT2D eigenvalue weighted by Gasteiger charge is 2.13. The molecule has 0 fully saturated rings. The summed E-state index contributed by atoms with van der Waals surface area (Å²) in [5, 5.41) is 14.3. The Morgan fingerprint density at radius 2 is 1.92 bits per heavy atom. The van der Waals surface area contributed by atoms with E-state index < -0.39 is 6.04 Å². The van der Waals surface area contributed by atoms with Gasteiger partial charge in [-0.3, -0.25) is 4.79 Å². The first kappa shape index (κ1) is 11.0. The van der Waals surface area contributed by atoms with Crippen LogP contribution in [0.3, 0.4) is 0 Å². The molecule has 0 aliphatic rings. The molecule has 0 saturated carbocycles. The van der Waals surface area contributed by atoms with E-state index in [0.717, 1.165) is 0 Å². The first-order valence-electron chi connectivity index (χ1n) is 3.84. The summed E-state index contributed by atoms with van der Waals surface area (Å²) in [7, 11) is 1.70. The summed E-state index contributed by atoms with van der Waals surface area (Å²) in [5.74, 6) is -0.188. The van der Waals surface area contributed by atoms with Crippen LogP contribution in [0.5, 0.6) is 0 Å². The van der Waals surface area contributed by atoms with Gasteiger partial charge in [-0.05, 0) is 20.9 Å². The van der Waals surface area contributed by atoms with Crippen molar-refractivity contribution in [3.8, 4) is 0 Å². The molecule has 0 spiro atoms. The third-order valence-corrected chi connectivity index (χ3v) is 1.68. The number of aliphatic hydroxyl groups is 1. The van der Waals surface area contributed by atoms with E-state index in [1.54, 1.807) is 20.9 Å². The van der Waals surface area contributed by atoms with Crippen molar-refractivity contribution in [2.45, 2.75) is 25.9 Å². The second-order valence-corrected chi connectivity index (χ2v) is 2.73. The van der Waals surface area contributed by atoms with Gasteiger partial charge < -0.3 is 15.7 Å². The molecule has 0 aromatic carbocycles. The summed E-state index contributed by atoms with van der Waals surface area (Å²) in [6.45, 7) is 6.72. The maximum Gasteiger partial charge on any atom is 0.237 e. The van der Waals surface area contributed by atoms with E-state index in [1.807, 2.05) is 0 Å². The minimum atomic E-state index is -0.395. The van der Waals surface area contributed by atoms with Crippen molar-refractivity contribution in [3.05, 3.63) is 12.3 Å². The van der Waals surface area contributed by atoms with Gasteiger partial charge in [-0.25, -0.2) is 0 Å². The fraction of sp³-hybridized carbons (Fsp3) is 0.625. The van der Waals surface area contributed by atoms with Crippen LogP contribution in [-0.2, 0) is 4.79 Å². The predicted octanol–water partition coefficient (Wildman–Crippen LogP) is 0.171. The van der Waals surface area contributed by atoms with Crippen molar-refractivity contribution in [1.82, 2.24) is 10.6 Å². The molecule has 0 aromatic rings. The number of carbonyl (C=O) groups is 1. The smallest absolute Gasteiger partial charge is 0.237 e. The SMILES string of the molecule is C=C(O)[C@H](C)NC(=O)C(C)NC. The Morgan fingerprint density at radius 1 is 1.42 bits per heavy atom. The average molecular weight is 172 g/mol. The van der Waals surface area contributed by atoms with Gasteiger partial charge in [-0.15, -0.1) is 0 Å². The Kier molecular flexibility index (Phi) is 4.36. The number of carbonyl (C=O) groups excluding carboxylic acids is 1. The molecule has 0 rings (SSSR count). The number of hydrogen-bond acceptors (Lipinski definition) is 3. The molecular formula is C8H16N2O2. The Hall–Kier alpha value is -1.03. The lowest BCUT2D eigenvalue weighted by atomic mass is 10.2. The summed E-state index contributed by atoms with van der Waals surface area (Å²) < 4.78 is 0. The standard InChI is InChI=1S/C8H16N2O2/c1-5(7(3)11)10-8(12)6(2)9-4/h5-6,9,11H,3H2,1-2,4H3,(H,10,12)/t5-,6?/m0/s1. The van der Waals surface area contributed by atoms with Crippen LogP contribution in [0.15, 0.2) is 12.3 Å². The minimum Gasteiger partial charge on any atom is -0.511 e. The van der Waals surface area contributed by atoms with E-state index in [-0.39, 0.29) is 17.7 Å². The summed E-state index contributed by atoms with van der Waals surface area (Å²) >= 11 is 0. The second-order valence-electron chi connectivity index (χ2n) is 2.73. The molecule has 0 aliphatic carbocycles. The topological polar surface area (TPSA) is 61.4 Å². The predicted molar refractivity (Wildman–Crippen MR) is 47.9 cm³/mol. The van der Waals surface area contributed by atoms with Crippen LogP contribution in [0, 0.1) is 0 Å². The Bertz CT molecular complexity index is 180. The van der Waals surface area contributed by atoms with Gasteiger partial charge in [-0.2, -0.15) is 0 Å². The summed E-state index contributed by atoms with van der Waals surface area (Å²) in [6, 6.07) is -0.653. The molecular weight excluding hydrogens is 156 g/mol. The van der Waals surface area contributed by atoms with Gasteiger partial charge in [0, 0.05) is 0 Å². The Balaban J connectivity index is 3.92. The van der Waals surface area contributed by atoms with Crippen molar-refractivity contribution >= 4 is 5.91 Å². The number of rotatable bonds is 4. The maximum atomic E-state index is 11.2. The zero-order chi connectivity index (χ0) is 9.72. The third kappa shape index (κ3) is 3.39. The van der Waals surface area contributed by atoms with E-state index in [0.29, 0.717) is 0 Å². The van der Waals surface area contributed by atoms with E-state index in [2.05, 4.69) is 17.2 Å². The highest BCUT2D eigenvalue weighted by atomic mass is 16.3. The summed E-state index contributed by atoms with van der Waals surface area (Å²) in [4.78, 5) is 11.2. The van der Waals surface area contributed by atoms with E-state index in [4.69, 9.17) is 5.11 Å². The highest BCUT2D eigenvalue weighted by Crippen LogP contribution is 1.93. The Morgan fingerprint density at radius 3 is 2.25 bits per heavy atom. The third-order valence-electron chi connectivity index (χ3n) is 1.68. The number of amides is 1. The first-order chi connectivity index (χ1) is 5.49.